The third-order valence-corrected chi connectivity index (χ3v) is 8.83. The van der Waals surface area contributed by atoms with Crippen LogP contribution >= 0.6 is 11.3 Å². The lowest BCUT2D eigenvalue weighted by Crippen LogP contribution is -2.42. The van der Waals surface area contributed by atoms with Gasteiger partial charge in [-0.05, 0) is 48.2 Å². The Bertz CT molecular complexity index is 1630. The second kappa shape index (κ2) is 14.2. The summed E-state index contributed by atoms with van der Waals surface area (Å²) in [6.45, 7) is 3.35. The fraction of sp³-hybridized carbons (Fsp3) is 0.407. The van der Waals surface area contributed by atoms with E-state index in [-0.39, 0.29) is 35.9 Å². The van der Waals surface area contributed by atoms with E-state index < -0.39 is 34.8 Å². The number of rotatable bonds is 16. The molecule has 2 aromatic heterocycles. The van der Waals surface area contributed by atoms with Crippen LogP contribution < -0.4 is 19.9 Å². The van der Waals surface area contributed by atoms with Gasteiger partial charge in [-0.15, -0.1) is 16.4 Å². The molecule has 5 N–H and O–H groups in total. The number of aliphatic carboxylic acids is 1. The Morgan fingerprint density at radius 2 is 1.88 bits per heavy atom. The number of hydrogen-bond donors (Lipinski definition) is 4. The zero-order chi connectivity index (χ0) is 31.1. The lowest BCUT2D eigenvalue weighted by molar-refractivity contribution is -0.139. The summed E-state index contributed by atoms with van der Waals surface area (Å²) in [4.78, 5) is 16.0. The van der Waals surface area contributed by atoms with Gasteiger partial charge in [0.1, 0.15) is 49.2 Å². The molecule has 3 atom stereocenters. The van der Waals surface area contributed by atoms with Crippen LogP contribution in [0.2, 0.25) is 0 Å². The van der Waals surface area contributed by atoms with Gasteiger partial charge in [-0.1, -0.05) is 31.2 Å². The molecule has 0 saturated heterocycles. The van der Waals surface area contributed by atoms with E-state index >= 15 is 0 Å². The van der Waals surface area contributed by atoms with Crippen molar-refractivity contribution in [1.29, 1.82) is 0 Å². The van der Waals surface area contributed by atoms with E-state index in [0.717, 1.165) is 16.9 Å². The fourth-order valence-corrected chi connectivity index (χ4v) is 5.82. The summed E-state index contributed by atoms with van der Waals surface area (Å²) in [5, 5.41) is 35.9. The van der Waals surface area contributed by atoms with Gasteiger partial charge in [-0.25, -0.2) is 27.6 Å². The summed E-state index contributed by atoms with van der Waals surface area (Å²) < 4.78 is 48.9. The number of fused-ring (bicyclic) bond motifs is 1. The number of carboxylic acid groups (broad SMARTS) is 1. The van der Waals surface area contributed by atoms with Gasteiger partial charge >= 0.3 is 5.97 Å². The Kier molecular flexibility index (Phi) is 10.6. The van der Waals surface area contributed by atoms with E-state index in [2.05, 4.69) is 20.6 Å². The average molecular weight is 637 g/mol. The molecule has 4 aromatic rings. The zero-order valence-electron chi connectivity index (χ0n) is 23.5. The second-order valence-corrected chi connectivity index (χ2v) is 13.0. The number of thiazole rings is 1. The first-order valence-electron chi connectivity index (χ1n) is 13.3. The zero-order valence-corrected chi connectivity index (χ0v) is 25.1. The molecule has 2 heterocycles. The summed E-state index contributed by atoms with van der Waals surface area (Å²) in [5.74, 6) is 0.0307. The summed E-state index contributed by atoms with van der Waals surface area (Å²) in [7, 11) is -3.90. The number of halogens is 1. The lowest BCUT2D eigenvalue weighted by atomic mass is 10.0. The van der Waals surface area contributed by atoms with Crippen molar-refractivity contribution in [2.24, 2.45) is 11.1 Å². The van der Waals surface area contributed by atoms with E-state index in [1.165, 1.54) is 0 Å². The summed E-state index contributed by atoms with van der Waals surface area (Å²) >= 11 is 0.955. The lowest BCUT2D eigenvalue weighted by Gasteiger charge is -2.24. The van der Waals surface area contributed by atoms with Crippen molar-refractivity contribution >= 4 is 37.5 Å². The number of aromatic nitrogens is 4. The number of hydrogen-bond acceptors (Lipinski definition) is 11. The number of sulfonamides is 1. The Labute approximate surface area is 251 Å². The maximum atomic E-state index is 12.4. The Hall–Kier alpha value is -3.70. The number of carbonyl (C=O) groups is 1. The van der Waals surface area contributed by atoms with Crippen LogP contribution in [0.5, 0.6) is 11.5 Å². The van der Waals surface area contributed by atoms with Crippen molar-refractivity contribution in [3.05, 3.63) is 59.9 Å². The van der Waals surface area contributed by atoms with Crippen molar-refractivity contribution in [1.82, 2.24) is 25.3 Å². The van der Waals surface area contributed by atoms with Gasteiger partial charge in [0.2, 0.25) is 4.34 Å². The molecule has 0 amide bonds. The van der Waals surface area contributed by atoms with Crippen LogP contribution in [-0.4, -0.2) is 76.6 Å². The highest BCUT2D eigenvalue weighted by Gasteiger charge is 2.23. The van der Waals surface area contributed by atoms with E-state index in [1.807, 2.05) is 13.8 Å². The summed E-state index contributed by atoms with van der Waals surface area (Å²) in [6, 6.07) is 10.7. The van der Waals surface area contributed by atoms with Crippen LogP contribution in [0.4, 0.5) is 4.39 Å². The fourth-order valence-electron chi connectivity index (χ4n) is 4.13. The maximum Gasteiger partial charge on any atom is 0.321 e. The number of carboxylic acids is 1. The topological polar surface area (TPSA) is 192 Å². The molecule has 0 aliphatic rings. The number of aliphatic hydroxyl groups excluding tert-OH is 1. The molecule has 13 nitrogen and oxygen atoms in total. The van der Waals surface area contributed by atoms with Crippen molar-refractivity contribution in [3.8, 4) is 11.5 Å². The molecule has 1 unspecified atom stereocenters. The Morgan fingerprint density at radius 3 is 2.53 bits per heavy atom. The van der Waals surface area contributed by atoms with Crippen molar-refractivity contribution in [2.45, 2.75) is 49.4 Å². The summed E-state index contributed by atoms with van der Waals surface area (Å²) in [5.41, 5.74) is 1.81. The van der Waals surface area contributed by atoms with Crippen molar-refractivity contribution in [3.63, 3.8) is 0 Å². The number of ether oxygens (including phenoxy) is 2. The highest BCUT2D eigenvalue weighted by molar-refractivity contribution is 7.91. The largest absolute Gasteiger partial charge is 0.491 e. The molecule has 0 aliphatic carbocycles. The normalized spacial score (nSPS) is 14.1. The number of benzene rings is 2. The van der Waals surface area contributed by atoms with Gasteiger partial charge in [0.25, 0.3) is 10.0 Å². The molecule has 0 aliphatic heterocycles. The van der Waals surface area contributed by atoms with Crippen LogP contribution in [0, 0.1) is 5.92 Å². The van der Waals surface area contributed by atoms with Crippen LogP contribution in [0.15, 0.2) is 53.0 Å². The van der Waals surface area contributed by atoms with Crippen LogP contribution in [0.25, 0.3) is 10.2 Å². The molecule has 232 valence electrons. The minimum Gasteiger partial charge on any atom is -0.491 e. The minimum atomic E-state index is -3.90. The molecular weight excluding hydrogens is 603 g/mol. The van der Waals surface area contributed by atoms with E-state index in [0.29, 0.717) is 34.0 Å². The maximum absolute atomic E-state index is 12.4. The van der Waals surface area contributed by atoms with Gasteiger partial charge in [-0.2, -0.15) is 0 Å². The molecule has 0 spiro atoms. The van der Waals surface area contributed by atoms with Crippen LogP contribution in [-0.2, 0) is 27.8 Å². The molecule has 2 aromatic carbocycles. The number of primary sulfonamides is 1. The van der Waals surface area contributed by atoms with Crippen LogP contribution in [0.3, 0.4) is 0 Å². The molecule has 43 heavy (non-hydrogen) atoms. The third-order valence-electron chi connectivity index (χ3n) is 6.49. The van der Waals surface area contributed by atoms with Crippen molar-refractivity contribution in [2.75, 3.05) is 19.8 Å². The first-order valence-corrected chi connectivity index (χ1v) is 15.7. The minimum absolute atomic E-state index is 0.0928. The molecule has 16 heteroatoms. The molecule has 0 saturated carbocycles. The van der Waals surface area contributed by atoms with E-state index in [9.17, 15) is 27.8 Å². The third kappa shape index (κ3) is 8.90. The number of nitrogens with zero attached hydrogens (tertiary/aromatic N) is 4. The predicted molar refractivity (Wildman–Crippen MR) is 156 cm³/mol. The number of aliphatic hydroxyl groups is 1. The molecule has 0 radical (unpaired) electrons. The van der Waals surface area contributed by atoms with Gasteiger partial charge < -0.3 is 25.0 Å². The average Bonchev–Trinajstić information content (AvgIpc) is 3.62. The van der Waals surface area contributed by atoms with Gasteiger partial charge in [0.15, 0.2) is 0 Å². The number of alkyl halides is 1. The molecule has 0 bridgehead atoms. The number of nitrogens with two attached hydrogens (primary N) is 1. The predicted octanol–water partition coefficient (Wildman–Crippen LogP) is 2.31. The van der Waals surface area contributed by atoms with Crippen molar-refractivity contribution < 1.29 is 37.3 Å². The monoisotopic (exact) mass is 636 g/mol. The van der Waals surface area contributed by atoms with Gasteiger partial charge in [0.05, 0.1) is 22.5 Å². The van der Waals surface area contributed by atoms with Gasteiger partial charge in [0, 0.05) is 6.54 Å². The highest BCUT2D eigenvalue weighted by atomic mass is 32.2. The summed E-state index contributed by atoms with van der Waals surface area (Å²) in [6.07, 6.45) is 0.759. The quantitative estimate of drug-likeness (QED) is 0.141. The second-order valence-electron chi connectivity index (χ2n) is 10.2. The van der Waals surface area contributed by atoms with Crippen LogP contribution in [0.1, 0.15) is 31.1 Å². The molecule has 0 fully saturated rings. The number of nitrogens with one attached hydrogen (secondary N) is 1. The van der Waals surface area contributed by atoms with Gasteiger partial charge in [-0.3, -0.25) is 4.79 Å². The molecule has 4 rings (SSSR count). The molecular formula is C27H33FN6O7S2. The Morgan fingerprint density at radius 1 is 1.16 bits per heavy atom. The standard InChI is InChI=1S/C27H33FN6O7S2/c1-16(2)24(12-30-23(26(36)37)9-17-3-5-20(6-4-17)41-15-19(35)11-28)34-13-18(32-33-34)14-40-21-7-8-22-25(10-21)42-27(31-22)43(29,38)39/h3-8,10,13,16,19,23-24,30,35H,9,11-12,14-15H2,1-2H3,(H,36,37)(H2,29,38,39)/t19?,23-,24-/m0/s1. The Balaban J connectivity index is 1.34. The highest BCUT2D eigenvalue weighted by Crippen LogP contribution is 2.28. The smallest absolute Gasteiger partial charge is 0.321 e. The SMILES string of the molecule is CC(C)[C@H](CN[C@@H](Cc1ccc(OCC(O)CF)cc1)C(=O)O)n1cc(COc2ccc3nc(S(N)(=O)=O)sc3c2)nn1. The van der Waals surface area contributed by atoms with E-state index in [4.69, 9.17) is 14.6 Å². The first kappa shape index (κ1) is 32.2. The van der Waals surface area contributed by atoms with E-state index in [1.54, 1.807) is 53.3 Å². The first-order chi connectivity index (χ1) is 20.4.